The number of alkyl halides is 2. The van der Waals surface area contributed by atoms with Gasteiger partial charge in [0.25, 0.3) is 11.6 Å². The molecule has 0 saturated carbocycles. The van der Waals surface area contributed by atoms with E-state index < -0.39 is 17.4 Å². The summed E-state index contributed by atoms with van der Waals surface area (Å²) in [6, 6.07) is 9.95. The van der Waals surface area contributed by atoms with Crippen molar-refractivity contribution in [3.05, 3.63) is 63.7 Å². The number of ether oxygens (including phenoxy) is 1. The summed E-state index contributed by atoms with van der Waals surface area (Å²) in [7, 11) is 0. The second-order valence-electron chi connectivity index (χ2n) is 5.51. The molecule has 0 aromatic heterocycles. The van der Waals surface area contributed by atoms with Crippen LogP contribution in [0.2, 0.25) is 0 Å². The highest BCUT2D eigenvalue weighted by atomic mass is 19.3. The van der Waals surface area contributed by atoms with E-state index in [1.54, 1.807) is 12.1 Å². The first-order chi connectivity index (χ1) is 12.0. The molecule has 8 heteroatoms. The minimum absolute atomic E-state index is 0.0533. The van der Waals surface area contributed by atoms with E-state index in [4.69, 9.17) is 0 Å². The van der Waals surface area contributed by atoms with Gasteiger partial charge in [0.15, 0.2) is 0 Å². The zero-order valence-electron chi connectivity index (χ0n) is 13.0. The number of para-hydroxylation sites is 1. The van der Waals surface area contributed by atoms with Gasteiger partial charge in [-0.25, -0.2) is 0 Å². The highest BCUT2D eigenvalue weighted by molar-refractivity contribution is 6.07. The molecule has 1 amide bonds. The maximum Gasteiger partial charge on any atom is 0.387 e. The van der Waals surface area contributed by atoms with Crippen molar-refractivity contribution in [2.45, 2.75) is 19.5 Å². The van der Waals surface area contributed by atoms with Crippen molar-refractivity contribution in [1.82, 2.24) is 0 Å². The summed E-state index contributed by atoms with van der Waals surface area (Å²) in [5.74, 6) is -0.469. The van der Waals surface area contributed by atoms with Crippen molar-refractivity contribution in [3.8, 4) is 5.75 Å². The van der Waals surface area contributed by atoms with Gasteiger partial charge in [0.1, 0.15) is 5.75 Å². The van der Waals surface area contributed by atoms with Gasteiger partial charge in [-0.05, 0) is 36.6 Å². The van der Waals surface area contributed by atoms with E-state index in [0.29, 0.717) is 25.1 Å². The van der Waals surface area contributed by atoms with Crippen LogP contribution in [0.15, 0.2) is 42.5 Å². The number of carbonyl (C=O) groups is 1. The van der Waals surface area contributed by atoms with E-state index in [-0.39, 0.29) is 17.0 Å². The van der Waals surface area contributed by atoms with Gasteiger partial charge in [0.2, 0.25) is 0 Å². The van der Waals surface area contributed by atoms with Gasteiger partial charge in [-0.15, -0.1) is 0 Å². The zero-order valence-corrected chi connectivity index (χ0v) is 13.0. The lowest BCUT2D eigenvalue weighted by Crippen LogP contribution is -2.36. The Balaban J connectivity index is 1.96. The van der Waals surface area contributed by atoms with Crippen LogP contribution in [0, 0.1) is 10.1 Å². The fourth-order valence-corrected chi connectivity index (χ4v) is 2.89. The van der Waals surface area contributed by atoms with Crippen LogP contribution in [-0.2, 0) is 6.42 Å². The number of halogens is 2. The van der Waals surface area contributed by atoms with Gasteiger partial charge in [-0.1, -0.05) is 12.1 Å². The van der Waals surface area contributed by atoms with Crippen LogP contribution in [0.3, 0.4) is 0 Å². The zero-order chi connectivity index (χ0) is 18.0. The topological polar surface area (TPSA) is 72.7 Å². The van der Waals surface area contributed by atoms with Gasteiger partial charge in [-0.3, -0.25) is 14.9 Å². The molecule has 0 N–H and O–H groups in total. The number of nitro benzene ring substituents is 1. The number of anilines is 1. The van der Waals surface area contributed by atoms with Gasteiger partial charge in [0, 0.05) is 24.2 Å². The van der Waals surface area contributed by atoms with Crippen molar-refractivity contribution in [2.75, 3.05) is 11.4 Å². The Hall–Kier alpha value is -3.03. The Morgan fingerprint density at radius 2 is 1.92 bits per heavy atom. The number of carbonyl (C=O) groups excluding carboxylic acids is 1. The van der Waals surface area contributed by atoms with Crippen LogP contribution in [-0.4, -0.2) is 24.0 Å². The predicted molar refractivity (Wildman–Crippen MR) is 86.2 cm³/mol. The average molecular weight is 348 g/mol. The number of non-ortho nitro benzene ring substituents is 1. The van der Waals surface area contributed by atoms with Gasteiger partial charge in [0.05, 0.1) is 10.6 Å². The third-order valence-corrected chi connectivity index (χ3v) is 3.97. The third kappa shape index (κ3) is 3.42. The molecule has 6 nitrogen and oxygen atoms in total. The Morgan fingerprint density at radius 1 is 1.20 bits per heavy atom. The molecule has 0 saturated heterocycles. The number of nitrogens with zero attached hydrogens (tertiary/aromatic N) is 2. The van der Waals surface area contributed by atoms with Gasteiger partial charge in [-0.2, -0.15) is 8.78 Å². The molecule has 130 valence electrons. The molecule has 1 aliphatic heterocycles. The molecule has 3 rings (SSSR count). The molecule has 2 aromatic carbocycles. The average Bonchev–Trinajstić information content (AvgIpc) is 2.60. The summed E-state index contributed by atoms with van der Waals surface area (Å²) >= 11 is 0. The minimum atomic E-state index is -3.00. The molecular formula is C17H14F2N2O4. The van der Waals surface area contributed by atoms with Crippen LogP contribution < -0.4 is 9.64 Å². The lowest BCUT2D eigenvalue weighted by molar-refractivity contribution is -0.384. The number of hydrogen-bond donors (Lipinski definition) is 0. The van der Waals surface area contributed by atoms with Gasteiger partial charge < -0.3 is 9.64 Å². The summed E-state index contributed by atoms with van der Waals surface area (Å²) in [5, 5.41) is 10.7. The first kappa shape index (κ1) is 16.8. The number of hydrogen-bond acceptors (Lipinski definition) is 4. The molecule has 0 spiro atoms. The molecule has 0 unspecified atom stereocenters. The molecule has 0 aliphatic carbocycles. The third-order valence-electron chi connectivity index (χ3n) is 3.97. The summed E-state index contributed by atoms with van der Waals surface area (Å²) < 4.78 is 29.9. The van der Waals surface area contributed by atoms with E-state index in [2.05, 4.69) is 4.74 Å². The molecule has 0 radical (unpaired) electrons. The summed E-state index contributed by atoms with van der Waals surface area (Å²) in [4.78, 5) is 24.3. The standard InChI is InChI=1S/C17H14F2N2O4/c18-17(19)25-14-5-1-3-11-4-2-10-20(15(11)14)16(22)12-6-8-13(9-7-12)21(23)24/h1,3,5-9,17H,2,4,10H2. The fraction of sp³-hybridized carbons (Fsp3) is 0.235. The van der Waals surface area contributed by atoms with Crippen LogP contribution in [0.4, 0.5) is 20.2 Å². The van der Waals surface area contributed by atoms with E-state index in [9.17, 15) is 23.7 Å². The number of nitro groups is 1. The van der Waals surface area contributed by atoms with E-state index in [0.717, 1.165) is 5.56 Å². The monoisotopic (exact) mass is 348 g/mol. The maximum absolute atomic E-state index is 12.8. The molecule has 0 bridgehead atoms. The molecule has 2 aromatic rings. The van der Waals surface area contributed by atoms with E-state index >= 15 is 0 Å². The quantitative estimate of drug-likeness (QED) is 0.622. The highest BCUT2D eigenvalue weighted by Crippen LogP contribution is 2.38. The number of aryl methyl sites for hydroxylation is 1. The van der Waals surface area contributed by atoms with Crippen LogP contribution >= 0.6 is 0 Å². The first-order valence-electron chi connectivity index (χ1n) is 7.60. The summed E-state index contributed by atoms with van der Waals surface area (Å²) in [6.45, 7) is -2.64. The second kappa shape index (κ2) is 6.84. The molecule has 1 aliphatic rings. The molecule has 25 heavy (non-hydrogen) atoms. The van der Waals surface area contributed by atoms with Crippen molar-refractivity contribution >= 4 is 17.3 Å². The number of benzene rings is 2. The number of amides is 1. The van der Waals surface area contributed by atoms with Crippen LogP contribution in [0.1, 0.15) is 22.3 Å². The Bertz CT molecular complexity index is 809. The Labute approximate surface area is 141 Å². The van der Waals surface area contributed by atoms with Crippen LogP contribution in [0.25, 0.3) is 0 Å². The van der Waals surface area contributed by atoms with Gasteiger partial charge >= 0.3 is 6.61 Å². The molecular weight excluding hydrogens is 334 g/mol. The Kier molecular flexibility index (Phi) is 4.60. The van der Waals surface area contributed by atoms with Crippen molar-refractivity contribution in [2.24, 2.45) is 0 Å². The predicted octanol–water partition coefficient (Wildman–Crippen LogP) is 3.79. The number of fused-ring (bicyclic) bond motifs is 1. The molecule has 0 fully saturated rings. The SMILES string of the molecule is O=C(c1ccc([N+](=O)[O-])cc1)N1CCCc2cccc(OC(F)F)c21. The first-order valence-corrected chi connectivity index (χ1v) is 7.60. The second-order valence-corrected chi connectivity index (χ2v) is 5.51. The largest absolute Gasteiger partial charge is 0.433 e. The summed E-state index contributed by atoms with van der Waals surface area (Å²) in [5.41, 5.74) is 1.19. The molecule has 0 atom stereocenters. The van der Waals surface area contributed by atoms with Crippen molar-refractivity contribution < 1.29 is 23.2 Å². The lowest BCUT2D eigenvalue weighted by atomic mass is 10.00. The molecule has 1 heterocycles. The normalized spacial score (nSPS) is 13.5. The Morgan fingerprint density at radius 3 is 2.56 bits per heavy atom. The van der Waals surface area contributed by atoms with Crippen LogP contribution in [0.5, 0.6) is 5.75 Å². The lowest BCUT2D eigenvalue weighted by Gasteiger charge is -2.31. The van der Waals surface area contributed by atoms with Crippen molar-refractivity contribution in [1.29, 1.82) is 0 Å². The maximum atomic E-state index is 12.8. The highest BCUT2D eigenvalue weighted by Gasteiger charge is 2.28. The fourth-order valence-electron chi connectivity index (χ4n) is 2.89. The number of rotatable bonds is 4. The van der Waals surface area contributed by atoms with Crippen molar-refractivity contribution in [3.63, 3.8) is 0 Å². The summed E-state index contributed by atoms with van der Waals surface area (Å²) in [6.07, 6.45) is 1.34. The smallest absolute Gasteiger partial charge is 0.387 e. The minimum Gasteiger partial charge on any atom is -0.433 e. The van der Waals surface area contributed by atoms with E-state index in [1.807, 2.05) is 0 Å². The van der Waals surface area contributed by atoms with E-state index in [1.165, 1.54) is 35.2 Å².